The van der Waals surface area contributed by atoms with E-state index in [1.54, 1.807) is 4.90 Å². The average Bonchev–Trinajstić information content (AvgIpc) is 2.90. The van der Waals surface area contributed by atoms with Gasteiger partial charge in [0, 0.05) is 18.5 Å². The molecule has 202 valence electrons. The van der Waals surface area contributed by atoms with Crippen molar-refractivity contribution in [3.8, 4) is 5.75 Å². The Morgan fingerprint density at radius 2 is 1.59 bits per heavy atom. The highest BCUT2D eigenvalue weighted by atomic mass is 79.9. The van der Waals surface area contributed by atoms with Crippen LogP contribution in [0.15, 0.2) is 95.5 Å². The van der Waals surface area contributed by atoms with Crippen LogP contribution in [0.5, 0.6) is 5.75 Å². The minimum atomic E-state index is -0.719. The Morgan fingerprint density at radius 1 is 0.897 bits per heavy atom. The van der Waals surface area contributed by atoms with Crippen LogP contribution in [0, 0.1) is 6.92 Å². The molecule has 0 aromatic heterocycles. The zero-order valence-electron chi connectivity index (χ0n) is 22.9. The van der Waals surface area contributed by atoms with E-state index in [1.807, 2.05) is 119 Å². The van der Waals surface area contributed by atoms with Crippen LogP contribution in [0.25, 0.3) is 10.8 Å². The SMILES string of the molecule is Cc1cccc(CN(C(=O)COc2ccc3ccccc3c2Br)[C@H](Cc2ccccc2)C(=O)NC(C)(C)C)c1. The third kappa shape index (κ3) is 7.70. The van der Waals surface area contributed by atoms with Gasteiger partial charge in [-0.3, -0.25) is 9.59 Å². The molecular weight excluding hydrogens is 552 g/mol. The molecule has 5 nitrogen and oxygen atoms in total. The molecule has 2 amide bonds. The Balaban J connectivity index is 1.66. The number of carbonyl (C=O) groups excluding carboxylic acids is 2. The number of nitrogens with one attached hydrogen (secondary N) is 1. The molecule has 0 saturated heterocycles. The number of rotatable bonds is 9. The summed E-state index contributed by atoms with van der Waals surface area (Å²) in [6.07, 6.45) is 0.389. The number of hydrogen-bond donors (Lipinski definition) is 1. The number of nitrogens with zero attached hydrogens (tertiary/aromatic N) is 1. The van der Waals surface area contributed by atoms with E-state index in [2.05, 4.69) is 21.2 Å². The molecule has 4 aromatic rings. The van der Waals surface area contributed by atoms with Gasteiger partial charge in [0.05, 0.1) is 4.47 Å². The van der Waals surface area contributed by atoms with Crippen molar-refractivity contribution < 1.29 is 14.3 Å². The van der Waals surface area contributed by atoms with E-state index >= 15 is 0 Å². The quantitative estimate of drug-likeness (QED) is 0.233. The third-order valence-electron chi connectivity index (χ3n) is 6.38. The summed E-state index contributed by atoms with van der Waals surface area (Å²) in [6.45, 7) is 7.94. The summed E-state index contributed by atoms with van der Waals surface area (Å²) in [5.41, 5.74) is 2.58. The summed E-state index contributed by atoms with van der Waals surface area (Å²) in [5.74, 6) is 0.122. The molecule has 0 heterocycles. The lowest BCUT2D eigenvalue weighted by atomic mass is 10.0. The van der Waals surface area contributed by atoms with Crippen LogP contribution in [-0.4, -0.2) is 34.9 Å². The van der Waals surface area contributed by atoms with Crippen molar-refractivity contribution in [1.29, 1.82) is 0 Å². The molecule has 1 atom stereocenters. The first-order chi connectivity index (χ1) is 18.6. The Bertz CT molecular complexity index is 1450. The number of halogens is 1. The second-order valence-corrected chi connectivity index (χ2v) is 11.6. The van der Waals surface area contributed by atoms with Crippen LogP contribution in [-0.2, 0) is 22.6 Å². The predicted molar refractivity (Wildman–Crippen MR) is 161 cm³/mol. The fourth-order valence-corrected chi connectivity index (χ4v) is 5.17. The van der Waals surface area contributed by atoms with Gasteiger partial charge in [0.15, 0.2) is 6.61 Å². The number of amides is 2. The number of aryl methyl sites for hydroxylation is 1. The topological polar surface area (TPSA) is 58.6 Å². The van der Waals surface area contributed by atoms with Gasteiger partial charge in [-0.1, -0.05) is 90.5 Å². The molecule has 0 aliphatic carbocycles. The van der Waals surface area contributed by atoms with Gasteiger partial charge in [0.25, 0.3) is 5.91 Å². The van der Waals surface area contributed by atoms with Crippen molar-refractivity contribution in [3.63, 3.8) is 0 Å². The molecule has 0 aliphatic rings. The highest BCUT2D eigenvalue weighted by Gasteiger charge is 2.32. The lowest BCUT2D eigenvalue weighted by Crippen LogP contribution is -2.55. The minimum absolute atomic E-state index is 0.195. The Labute approximate surface area is 239 Å². The van der Waals surface area contributed by atoms with Crippen LogP contribution in [0.2, 0.25) is 0 Å². The smallest absolute Gasteiger partial charge is 0.261 e. The molecule has 0 fully saturated rings. The molecule has 0 aliphatic heterocycles. The average molecular weight is 588 g/mol. The van der Waals surface area contributed by atoms with Crippen molar-refractivity contribution in [2.24, 2.45) is 0 Å². The van der Waals surface area contributed by atoms with Gasteiger partial charge in [0.1, 0.15) is 11.8 Å². The van der Waals surface area contributed by atoms with E-state index in [4.69, 9.17) is 4.74 Å². The summed E-state index contributed by atoms with van der Waals surface area (Å²) in [5, 5.41) is 5.17. The highest BCUT2D eigenvalue weighted by Crippen LogP contribution is 2.33. The fourth-order valence-electron chi connectivity index (χ4n) is 4.56. The van der Waals surface area contributed by atoms with Crippen LogP contribution in [0.3, 0.4) is 0 Å². The Kier molecular flexibility index (Phi) is 9.08. The van der Waals surface area contributed by atoms with E-state index in [1.165, 1.54) is 0 Å². The standard InChI is InChI=1S/C33H35BrN2O3/c1-23-11-10-14-25(19-23)21-36(28(32(38)35-33(2,3)4)20-24-12-6-5-7-13-24)30(37)22-39-29-18-17-26-15-8-9-16-27(26)31(29)34/h5-19,28H,20-22H2,1-4H3,(H,35,38)/t28-/m1/s1. The van der Waals surface area contributed by atoms with E-state index in [0.29, 0.717) is 12.2 Å². The van der Waals surface area contributed by atoms with Gasteiger partial charge in [-0.15, -0.1) is 0 Å². The zero-order valence-corrected chi connectivity index (χ0v) is 24.5. The van der Waals surface area contributed by atoms with Crippen LogP contribution < -0.4 is 10.1 Å². The molecule has 4 rings (SSSR count). The van der Waals surface area contributed by atoms with Crippen molar-refractivity contribution in [1.82, 2.24) is 10.2 Å². The summed E-state index contributed by atoms with van der Waals surface area (Å²) >= 11 is 3.65. The molecule has 0 radical (unpaired) electrons. The maximum atomic E-state index is 13.9. The highest BCUT2D eigenvalue weighted by molar-refractivity contribution is 9.10. The predicted octanol–water partition coefficient (Wildman–Crippen LogP) is 6.84. The van der Waals surface area contributed by atoms with E-state index in [0.717, 1.165) is 31.9 Å². The van der Waals surface area contributed by atoms with Crippen molar-refractivity contribution in [3.05, 3.63) is 112 Å². The first kappa shape index (κ1) is 28.4. The number of fused-ring (bicyclic) bond motifs is 1. The molecule has 0 bridgehead atoms. The fraction of sp³-hybridized carbons (Fsp3) is 0.273. The number of ether oxygens (including phenoxy) is 1. The Hall–Kier alpha value is -3.64. The molecule has 0 unspecified atom stereocenters. The molecule has 1 N–H and O–H groups in total. The van der Waals surface area contributed by atoms with Gasteiger partial charge in [0.2, 0.25) is 5.91 Å². The number of carbonyl (C=O) groups is 2. The van der Waals surface area contributed by atoms with Crippen molar-refractivity contribution >= 4 is 38.5 Å². The summed E-state index contributed by atoms with van der Waals surface area (Å²) in [6, 6.07) is 28.9. The van der Waals surface area contributed by atoms with E-state index in [-0.39, 0.29) is 25.0 Å². The zero-order chi connectivity index (χ0) is 28.0. The first-order valence-corrected chi connectivity index (χ1v) is 13.9. The second kappa shape index (κ2) is 12.5. The van der Waals surface area contributed by atoms with Gasteiger partial charge >= 0.3 is 0 Å². The summed E-state index contributed by atoms with van der Waals surface area (Å²) < 4.78 is 6.86. The molecule has 6 heteroatoms. The molecule has 4 aromatic carbocycles. The summed E-state index contributed by atoms with van der Waals surface area (Å²) in [4.78, 5) is 29.2. The van der Waals surface area contributed by atoms with Crippen molar-refractivity contribution in [2.75, 3.05) is 6.61 Å². The number of benzene rings is 4. The second-order valence-electron chi connectivity index (χ2n) is 10.8. The molecule has 0 spiro atoms. The maximum Gasteiger partial charge on any atom is 0.261 e. The Morgan fingerprint density at radius 3 is 2.31 bits per heavy atom. The molecule has 39 heavy (non-hydrogen) atoms. The monoisotopic (exact) mass is 586 g/mol. The van der Waals surface area contributed by atoms with Gasteiger partial charge < -0.3 is 15.0 Å². The largest absolute Gasteiger partial charge is 0.483 e. The van der Waals surface area contributed by atoms with Gasteiger partial charge in [-0.05, 0) is 71.6 Å². The van der Waals surface area contributed by atoms with Gasteiger partial charge in [-0.2, -0.15) is 0 Å². The van der Waals surface area contributed by atoms with Crippen LogP contribution in [0.4, 0.5) is 0 Å². The first-order valence-electron chi connectivity index (χ1n) is 13.1. The van der Waals surface area contributed by atoms with E-state index < -0.39 is 11.6 Å². The molecule has 0 saturated carbocycles. The lowest BCUT2D eigenvalue weighted by Gasteiger charge is -2.34. The van der Waals surface area contributed by atoms with Gasteiger partial charge in [-0.25, -0.2) is 0 Å². The van der Waals surface area contributed by atoms with Crippen LogP contribution >= 0.6 is 15.9 Å². The lowest BCUT2D eigenvalue weighted by molar-refractivity contribution is -0.143. The summed E-state index contributed by atoms with van der Waals surface area (Å²) in [7, 11) is 0. The van der Waals surface area contributed by atoms with Crippen LogP contribution in [0.1, 0.15) is 37.5 Å². The molecular formula is C33H35BrN2O3. The normalized spacial score (nSPS) is 12.1. The number of hydrogen-bond acceptors (Lipinski definition) is 3. The minimum Gasteiger partial charge on any atom is -0.483 e. The van der Waals surface area contributed by atoms with Crippen molar-refractivity contribution in [2.45, 2.75) is 52.2 Å². The maximum absolute atomic E-state index is 13.9. The third-order valence-corrected chi connectivity index (χ3v) is 7.20. The van der Waals surface area contributed by atoms with E-state index in [9.17, 15) is 9.59 Å².